The number of anilines is 3. The Balaban J connectivity index is 2.42. The topological polar surface area (TPSA) is 96.1 Å². The van der Waals surface area contributed by atoms with E-state index >= 15 is 0 Å². The van der Waals surface area contributed by atoms with E-state index in [9.17, 15) is 0 Å². The van der Waals surface area contributed by atoms with Gasteiger partial charge in [0, 0.05) is 25.8 Å². The fourth-order valence-electron chi connectivity index (χ4n) is 1.66. The van der Waals surface area contributed by atoms with Gasteiger partial charge in [-0.3, -0.25) is 0 Å². The van der Waals surface area contributed by atoms with Gasteiger partial charge in [0.1, 0.15) is 11.6 Å². The first-order valence-electron chi connectivity index (χ1n) is 6.88. The molecule has 6 heteroatoms. The van der Waals surface area contributed by atoms with E-state index in [1.807, 2.05) is 13.0 Å². The zero-order valence-electron chi connectivity index (χ0n) is 11.8. The predicted octanol–water partition coefficient (Wildman–Crippen LogP) is 1.70. The number of nitrogen functional groups attached to an aromatic ring is 1. The average Bonchev–Trinajstić information content (AvgIpc) is 2.40. The van der Waals surface area contributed by atoms with Gasteiger partial charge in [0.15, 0.2) is 0 Å². The zero-order chi connectivity index (χ0) is 14.1. The van der Waals surface area contributed by atoms with Gasteiger partial charge in [0.2, 0.25) is 5.95 Å². The van der Waals surface area contributed by atoms with Crippen LogP contribution in [0.25, 0.3) is 0 Å². The SMILES string of the molecule is CCCNc1cc(NCCCC(C)CO)nc(N)n1. The maximum Gasteiger partial charge on any atom is 0.223 e. The van der Waals surface area contributed by atoms with E-state index in [4.69, 9.17) is 10.8 Å². The first-order chi connectivity index (χ1) is 9.15. The Morgan fingerprint density at radius 1 is 1.26 bits per heavy atom. The molecule has 0 amide bonds. The Morgan fingerprint density at radius 3 is 2.47 bits per heavy atom. The van der Waals surface area contributed by atoms with Crippen molar-refractivity contribution in [2.24, 2.45) is 5.92 Å². The fraction of sp³-hybridized carbons (Fsp3) is 0.692. The lowest BCUT2D eigenvalue weighted by atomic mass is 10.1. The van der Waals surface area contributed by atoms with Crippen LogP contribution in [0, 0.1) is 5.92 Å². The summed E-state index contributed by atoms with van der Waals surface area (Å²) in [6.45, 7) is 6.05. The summed E-state index contributed by atoms with van der Waals surface area (Å²) < 4.78 is 0. The number of nitrogens with zero attached hydrogens (tertiary/aromatic N) is 2. The van der Waals surface area contributed by atoms with Crippen LogP contribution in [0.3, 0.4) is 0 Å². The van der Waals surface area contributed by atoms with Crippen LogP contribution in [0.15, 0.2) is 6.07 Å². The molecule has 1 rings (SSSR count). The molecule has 0 bridgehead atoms. The molecule has 0 fully saturated rings. The summed E-state index contributed by atoms with van der Waals surface area (Å²) in [7, 11) is 0. The highest BCUT2D eigenvalue weighted by Crippen LogP contribution is 2.13. The van der Waals surface area contributed by atoms with Crippen LogP contribution in [0.5, 0.6) is 0 Å². The summed E-state index contributed by atoms with van der Waals surface area (Å²) in [5, 5.41) is 15.4. The van der Waals surface area contributed by atoms with E-state index in [0.717, 1.165) is 44.0 Å². The van der Waals surface area contributed by atoms with E-state index in [-0.39, 0.29) is 12.6 Å². The van der Waals surface area contributed by atoms with E-state index in [2.05, 4.69) is 27.5 Å². The number of hydrogen-bond donors (Lipinski definition) is 4. The summed E-state index contributed by atoms with van der Waals surface area (Å²) >= 11 is 0. The van der Waals surface area contributed by atoms with Crippen molar-refractivity contribution in [3.63, 3.8) is 0 Å². The quantitative estimate of drug-likeness (QED) is 0.509. The van der Waals surface area contributed by atoms with Crippen LogP contribution in [-0.2, 0) is 0 Å². The largest absolute Gasteiger partial charge is 0.396 e. The van der Waals surface area contributed by atoms with Crippen LogP contribution < -0.4 is 16.4 Å². The van der Waals surface area contributed by atoms with Crippen molar-refractivity contribution in [3.05, 3.63) is 6.07 Å². The second-order valence-corrected chi connectivity index (χ2v) is 4.78. The van der Waals surface area contributed by atoms with Gasteiger partial charge >= 0.3 is 0 Å². The van der Waals surface area contributed by atoms with Crippen molar-refractivity contribution in [1.82, 2.24) is 9.97 Å². The van der Waals surface area contributed by atoms with Gasteiger partial charge < -0.3 is 21.5 Å². The van der Waals surface area contributed by atoms with Gasteiger partial charge in [-0.1, -0.05) is 13.8 Å². The molecular formula is C13H25N5O. The summed E-state index contributed by atoms with van der Waals surface area (Å²) in [4.78, 5) is 8.27. The highest BCUT2D eigenvalue weighted by Gasteiger charge is 2.03. The van der Waals surface area contributed by atoms with E-state index in [0.29, 0.717) is 5.92 Å². The molecule has 0 aliphatic carbocycles. The van der Waals surface area contributed by atoms with E-state index in [1.165, 1.54) is 0 Å². The summed E-state index contributed by atoms with van der Waals surface area (Å²) in [6, 6.07) is 1.86. The van der Waals surface area contributed by atoms with Gasteiger partial charge in [-0.2, -0.15) is 9.97 Å². The third-order valence-electron chi connectivity index (χ3n) is 2.79. The molecule has 5 N–H and O–H groups in total. The number of nitrogens with one attached hydrogen (secondary N) is 2. The van der Waals surface area contributed by atoms with Crippen molar-refractivity contribution >= 4 is 17.6 Å². The van der Waals surface area contributed by atoms with Gasteiger partial charge in [-0.15, -0.1) is 0 Å². The molecule has 0 saturated heterocycles. The van der Waals surface area contributed by atoms with Crippen molar-refractivity contribution in [1.29, 1.82) is 0 Å². The molecule has 1 aromatic heterocycles. The molecule has 0 spiro atoms. The van der Waals surface area contributed by atoms with Gasteiger partial charge in [0.25, 0.3) is 0 Å². The minimum atomic E-state index is 0.242. The fourth-order valence-corrected chi connectivity index (χ4v) is 1.66. The summed E-state index contributed by atoms with van der Waals surface area (Å²) in [5.74, 6) is 2.11. The first-order valence-corrected chi connectivity index (χ1v) is 6.88. The van der Waals surface area contributed by atoms with E-state index in [1.54, 1.807) is 0 Å². The van der Waals surface area contributed by atoms with Crippen LogP contribution >= 0.6 is 0 Å². The highest BCUT2D eigenvalue weighted by molar-refractivity contribution is 5.50. The second-order valence-electron chi connectivity index (χ2n) is 4.78. The van der Waals surface area contributed by atoms with Crippen molar-refractivity contribution < 1.29 is 5.11 Å². The van der Waals surface area contributed by atoms with Gasteiger partial charge in [-0.25, -0.2) is 0 Å². The molecule has 1 unspecified atom stereocenters. The molecule has 108 valence electrons. The number of nitrogens with two attached hydrogens (primary N) is 1. The Bertz CT molecular complexity index is 372. The van der Waals surface area contributed by atoms with Crippen molar-refractivity contribution in [2.75, 3.05) is 36.1 Å². The van der Waals surface area contributed by atoms with Crippen LogP contribution in [0.4, 0.5) is 17.6 Å². The molecule has 0 aromatic carbocycles. The standard InChI is InChI=1S/C13H25N5O/c1-3-6-15-11-8-12(18-13(14)17-11)16-7-4-5-10(2)9-19/h8,10,19H,3-7,9H2,1-2H3,(H4,14,15,16,17,18). The van der Waals surface area contributed by atoms with Crippen LogP contribution in [0.2, 0.25) is 0 Å². The minimum absolute atomic E-state index is 0.242. The minimum Gasteiger partial charge on any atom is -0.396 e. The third-order valence-corrected chi connectivity index (χ3v) is 2.79. The second kappa shape index (κ2) is 8.53. The molecule has 0 aliphatic rings. The average molecular weight is 267 g/mol. The molecule has 0 radical (unpaired) electrons. The highest BCUT2D eigenvalue weighted by atomic mass is 16.3. The molecule has 6 nitrogen and oxygen atoms in total. The molecule has 19 heavy (non-hydrogen) atoms. The normalized spacial score (nSPS) is 12.2. The summed E-state index contributed by atoms with van der Waals surface area (Å²) in [6.07, 6.45) is 3.01. The Kier molecular flexibility index (Phi) is 6.95. The number of rotatable bonds is 9. The van der Waals surface area contributed by atoms with E-state index < -0.39 is 0 Å². The lowest BCUT2D eigenvalue weighted by Gasteiger charge is -2.10. The number of aromatic nitrogens is 2. The monoisotopic (exact) mass is 267 g/mol. The Morgan fingerprint density at radius 2 is 1.89 bits per heavy atom. The number of aliphatic hydroxyl groups is 1. The van der Waals surface area contributed by atoms with Crippen molar-refractivity contribution in [3.8, 4) is 0 Å². The molecule has 1 aromatic rings. The Labute approximate surface area is 114 Å². The molecule has 1 heterocycles. The van der Waals surface area contributed by atoms with Gasteiger partial charge in [0.05, 0.1) is 0 Å². The molecular weight excluding hydrogens is 242 g/mol. The number of aliphatic hydroxyl groups excluding tert-OH is 1. The lowest BCUT2D eigenvalue weighted by Crippen LogP contribution is -2.10. The predicted molar refractivity (Wildman–Crippen MR) is 79.2 cm³/mol. The smallest absolute Gasteiger partial charge is 0.223 e. The third kappa shape index (κ3) is 6.24. The maximum atomic E-state index is 8.94. The molecule has 0 saturated carbocycles. The first kappa shape index (κ1) is 15.5. The van der Waals surface area contributed by atoms with Crippen molar-refractivity contribution in [2.45, 2.75) is 33.1 Å². The lowest BCUT2D eigenvalue weighted by molar-refractivity contribution is 0.229. The zero-order valence-corrected chi connectivity index (χ0v) is 11.8. The van der Waals surface area contributed by atoms with Crippen LogP contribution in [0.1, 0.15) is 33.1 Å². The van der Waals surface area contributed by atoms with Crippen LogP contribution in [-0.4, -0.2) is 34.8 Å². The number of hydrogen-bond acceptors (Lipinski definition) is 6. The maximum absolute atomic E-state index is 8.94. The summed E-state index contributed by atoms with van der Waals surface area (Å²) in [5.41, 5.74) is 5.67. The Hall–Kier alpha value is -1.56. The van der Waals surface area contributed by atoms with Gasteiger partial charge in [-0.05, 0) is 25.2 Å². The molecule has 0 aliphatic heterocycles. The molecule has 1 atom stereocenters.